The summed E-state index contributed by atoms with van der Waals surface area (Å²) in [6.45, 7) is 0. The van der Waals surface area contributed by atoms with Gasteiger partial charge in [0.2, 0.25) is 0 Å². The predicted molar refractivity (Wildman–Crippen MR) is 99.7 cm³/mol. The Hall–Kier alpha value is -2.51. The summed E-state index contributed by atoms with van der Waals surface area (Å²) in [6, 6.07) is 15.5. The summed E-state index contributed by atoms with van der Waals surface area (Å²) in [5, 5.41) is 0.723. The number of fused-ring (bicyclic) bond motifs is 1. The van der Waals surface area contributed by atoms with Crippen LogP contribution in [-0.4, -0.2) is 22.4 Å². The maximum absolute atomic E-state index is 13.3. The molecule has 1 aromatic carbocycles. The molecule has 25 heavy (non-hydrogen) atoms. The number of pyridine rings is 2. The molecule has 124 valence electrons. The smallest absolute Gasteiger partial charge is 0.264 e. The van der Waals surface area contributed by atoms with Gasteiger partial charge in [0.25, 0.3) is 10.0 Å². The van der Waals surface area contributed by atoms with Gasteiger partial charge in [-0.2, -0.15) is 0 Å². The lowest BCUT2D eigenvalue weighted by atomic mass is 10.2. The number of benzene rings is 1. The molecule has 0 unspecified atom stereocenters. The molecule has 3 heterocycles. The highest BCUT2D eigenvalue weighted by Gasteiger charge is 2.25. The molecule has 0 saturated carbocycles. The summed E-state index contributed by atoms with van der Waals surface area (Å²) in [7, 11) is -3.81. The van der Waals surface area contributed by atoms with Crippen molar-refractivity contribution in [1.29, 1.82) is 0 Å². The summed E-state index contributed by atoms with van der Waals surface area (Å²) in [6.07, 6.45) is 4.87. The number of hydrogen-bond acceptors (Lipinski definition) is 4. The van der Waals surface area contributed by atoms with Crippen LogP contribution in [0.5, 0.6) is 0 Å². The molecule has 0 aliphatic carbocycles. The maximum atomic E-state index is 13.3. The molecule has 3 aromatic heterocycles. The van der Waals surface area contributed by atoms with E-state index in [4.69, 9.17) is 0 Å². The number of nitrogens with zero attached hydrogens (tertiary/aromatic N) is 3. The van der Waals surface area contributed by atoms with Gasteiger partial charge >= 0.3 is 0 Å². The third-order valence-corrected chi connectivity index (χ3v) is 6.26. The molecule has 5 nitrogen and oxygen atoms in total. The van der Waals surface area contributed by atoms with Crippen molar-refractivity contribution >= 4 is 37.0 Å². The highest BCUT2D eigenvalue weighted by atomic mass is 79.9. The fourth-order valence-corrected chi connectivity index (χ4v) is 4.61. The molecule has 0 atom stereocenters. The number of halogens is 1. The minimum Gasteiger partial charge on any atom is -0.264 e. The fourth-order valence-electron chi connectivity index (χ4n) is 2.70. The Labute approximate surface area is 153 Å². The normalized spacial score (nSPS) is 11.7. The van der Waals surface area contributed by atoms with Crippen LogP contribution in [0.2, 0.25) is 0 Å². The van der Waals surface area contributed by atoms with Crippen molar-refractivity contribution in [3.8, 4) is 11.3 Å². The highest BCUT2D eigenvalue weighted by Crippen LogP contribution is 2.34. The van der Waals surface area contributed by atoms with Crippen molar-refractivity contribution < 1.29 is 8.42 Å². The standard InChI is InChI=1S/C18H12BrN3O2S/c19-16-8-10-21-18-15(16)11-17(13-5-4-9-20-12-13)22(18)25(23,24)14-6-2-1-3-7-14/h1-12H. The van der Waals surface area contributed by atoms with Gasteiger partial charge in [-0.3, -0.25) is 4.98 Å². The maximum Gasteiger partial charge on any atom is 0.269 e. The molecule has 4 rings (SSSR count). The molecule has 0 bridgehead atoms. The monoisotopic (exact) mass is 413 g/mol. The van der Waals surface area contributed by atoms with Gasteiger partial charge in [-0.25, -0.2) is 17.4 Å². The van der Waals surface area contributed by atoms with E-state index in [9.17, 15) is 8.42 Å². The molecule has 0 saturated heterocycles. The average Bonchev–Trinajstić information content (AvgIpc) is 3.05. The van der Waals surface area contributed by atoms with Crippen LogP contribution in [0.1, 0.15) is 0 Å². The van der Waals surface area contributed by atoms with Gasteiger partial charge in [0.15, 0.2) is 5.65 Å². The Balaban J connectivity index is 2.11. The van der Waals surface area contributed by atoms with E-state index in [1.54, 1.807) is 61.1 Å². The van der Waals surface area contributed by atoms with Gasteiger partial charge < -0.3 is 0 Å². The van der Waals surface area contributed by atoms with E-state index in [-0.39, 0.29) is 4.90 Å². The third kappa shape index (κ3) is 2.65. The largest absolute Gasteiger partial charge is 0.269 e. The summed E-state index contributed by atoms with van der Waals surface area (Å²) in [4.78, 5) is 8.63. The van der Waals surface area contributed by atoms with E-state index < -0.39 is 10.0 Å². The second-order valence-electron chi connectivity index (χ2n) is 5.38. The van der Waals surface area contributed by atoms with Crippen LogP contribution >= 0.6 is 15.9 Å². The minimum absolute atomic E-state index is 0.208. The first-order chi connectivity index (χ1) is 12.1. The summed E-state index contributed by atoms with van der Waals surface area (Å²) < 4.78 is 28.7. The average molecular weight is 414 g/mol. The van der Waals surface area contributed by atoms with Gasteiger partial charge in [0.05, 0.1) is 10.6 Å². The van der Waals surface area contributed by atoms with E-state index in [2.05, 4.69) is 25.9 Å². The van der Waals surface area contributed by atoms with Crippen molar-refractivity contribution in [2.24, 2.45) is 0 Å². The zero-order valence-electron chi connectivity index (χ0n) is 12.9. The van der Waals surface area contributed by atoms with Gasteiger partial charge in [-0.1, -0.05) is 18.2 Å². The summed E-state index contributed by atoms with van der Waals surface area (Å²) >= 11 is 3.48. The lowest BCUT2D eigenvalue weighted by molar-refractivity contribution is 0.589. The second-order valence-corrected chi connectivity index (χ2v) is 8.02. The molecule has 0 fully saturated rings. The van der Waals surface area contributed by atoms with E-state index in [0.717, 1.165) is 9.86 Å². The Kier molecular flexibility index (Phi) is 3.89. The Morgan fingerprint density at radius 3 is 2.48 bits per heavy atom. The molecule has 0 aliphatic heterocycles. The van der Waals surface area contributed by atoms with Crippen LogP contribution in [-0.2, 0) is 10.0 Å². The number of hydrogen-bond donors (Lipinski definition) is 0. The van der Waals surface area contributed by atoms with Gasteiger partial charge in [0, 0.05) is 34.0 Å². The third-order valence-electron chi connectivity index (χ3n) is 3.85. The first kappa shape index (κ1) is 16.0. The second kappa shape index (κ2) is 6.09. The molecular weight excluding hydrogens is 402 g/mol. The quantitative estimate of drug-likeness (QED) is 0.507. The van der Waals surface area contributed by atoms with Crippen molar-refractivity contribution in [3.63, 3.8) is 0 Å². The lowest BCUT2D eigenvalue weighted by Gasteiger charge is -2.11. The topological polar surface area (TPSA) is 64.8 Å². The Bertz CT molecular complexity index is 1160. The van der Waals surface area contributed by atoms with Gasteiger partial charge in [-0.15, -0.1) is 0 Å². The fraction of sp³-hybridized carbons (Fsp3) is 0. The highest BCUT2D eigenvalue weighted by molar-refractivity contribution is 9.10. The van der Waals surface area contributed by atoms with Gasteiger partial charge in [-0.05, 0) is 52.3 Å². The van der Waals surface area contributed by atoms with Crippen LogP contribution in [0.25, 0.3) is 22.3 Å². The SMILES string of the molecule is O=S(=O)(c1ccccc1)n1c(-c2cccnc2)cc2c(Br)ccnc21. The summed E-state index contributed by atoms with van der Waals surface area (Å²) in [5.74, 6) is 0. The lowest BCUT2D eigenvalue weighted by Crippen LogP contribution is -2.14. The van der Waals surface area contributed by atoms with Crippen LogP contribution in [0.15, 0.2) is 82.6 Å². The minimum atomic E-state index is -3.81. The first-order valence-electron chi connectivity index (χ1n) is 7.46. The number of rotatable bonds is 3. The molecule has 0 N–H and O–H groups in total. The molecule has 4 aromatic rings. The zero-order chi connectivity index (χ0) is 17.4. The van der Waals surface area contributed by atoms with Crippen molar-refractivity contribution in [1.82, 2.24) is 13.9 Å². The van der Waals surface area contributed by atoms with E-state index >= 15 is 0 Å². The molecule has 7 heteroatoms. The van der Waals surface area contributed by atoms with Crippen molar-refractivity contribution in [3.05, 3.63) is 77.7 Å². The first-order valence-corrected chi connectivity index (χ1v) is 9.69. The Morgan fingerprint density at radius 2 is 1.76 bits per heavy atom. The van der Waals surface area contributed by atoms with E-state index in [0.29, 0.717) is 16.9 Å². The molecule has 0 aliphatic rings. The summed E-state index contributed by atoms with van der Waals surface area (Å²) in [5.41, 5.74) is 1.59. The van der Waals surface area contributed by atoms with Crippen molar-refractivity contribution in [2.75, 3.05) is 0 Å². The van der Waals surface area contributed by atoms with E-state index in [1.165, 1.54) is 3.97 Å². The zero-order valence-corrected chi connectivity index (χ0v) is 15.3. The molecule has 0 amide bonds. The van der Waals surface area contributed by atoms with Crippen LogP contribution in [0.3, 0.4) is 0 Å². The number of aromatic nitrogens is 3. The molecular formula is C18H12BrN3O2S. The predicted octanol–water partition coefficient (Wildman–Crippen LogP) is 4.10. The van der Waals surface area contributed by atoms with Crippen LogP contribution in [0, 0.1) is 0 Å². The van der Waals surface area contributed by atoms with Crippen LogP contribution < -0.4 is 0 Å². The van der Waals surface area contributed by atoms with E-state index in [1.807, 2.05) is 12.1 Å². The Morgan fingerprint density at radius 1 is 0.960 bits per heavy atom. The molecule has 0 radical (unpaired) electrons. The van der Waals surface area contributed by atoms with Gasteiger partial charge in [0.1, 0.15) is 0 Å². The van der Waals surface area contributed by atoms with Crippen LogP contribution in [0.4, 0.5) is 0 Å². The molecule has 0 spiro atoms. The van der Waals surface area contributed by atoms with Crippen molar-refractivity contribution in [2.45, 2.75) is 4.90 Å².